The van der Waals surface area contributed by atoms with Crippen LogP contribution in [0.1, 0.15) is 23.3 Å². The van der Waals surface area contributed by atoms with Gasteiger partial charge in [0.05, 0.1) is 26.4 Å². The number of aryl methyl sites for hydroxylation is 1. The summed E-state index contributed by atoms with van der Waals surface area (Å²) in [6.07, 6.45) is 2.15. The first-order valence-electron chi connectivity index (χ1n) is 9.63. The number of aromatic nitrogens is 1. The summed E-state index contributed by atoms with van der Waals surface area (Å²) in [6, 6.07) is 3.35. The van der Waals surface area contributed by atoms with Crippen LogP contribution in [0.25, 0.3) is 0 Å². The molecule has 174 valence electrons. The van der Waals surface area contributed by atoms with Gasteiger partial charge in [-0.15, -0.1) is 0 Å². The molecule has 1 aromatic heterocycles. The minimum absolute atomic E-state index is 0.0843. The summed E-state index contributed by atoms with van der Waals surface area (Å²) in [5.41, 5.74) is 0.304. The van der Waals surface area contributed by atoms with Gasteiger partial charge >= 0.3 is 5.97 Å². The fourth-order valence-electron chi connectivity index (χ4n) is 3.57. The average molecular weight is 486 g/mol. The third kappa shape index (κ3) is 4.41. The number of esters is 1. The summed E-state index contributed by atoms with van der Waals surface area (Å²) in [5, 5.41) is 2.87. The van der Waals surface area contributed by atoms with E-state index in [0.29, 0.717) is 18.6 Å². The van der Waals surface area contributed by atoms with Crippen molar-refractivity contribution < 1.29 is 32.2 Å². The monoisotopic (exact) mass is 485 g/mol. The number of ether oxygens (including phenoxy) is 3. The van der Waals surface area contributed by atoms with Crippen LogP contribution < -0.4 is 14.8 Å². The Morgan fingerprint density at radius 2 is 1.88 bits per heavy atom. The zero-order chi connectivity index (χ0) is 23.6. The molecule has 12 heteroatoms. The van der Waals surface area contributed by atoms with E-state index in [-0.39, 0.29) is 33.6 Å². The Balaban J connectivity index is 1.89. The number of hydrogen-bond acceptors (Lipinski definition) is 7. The maximum Gasteiger partial charge on any atom is 0.354 e. The molecule has 0 bridgehead atoms. The number of carbonyl (C=O) groups excluding carboxylic acids is 2. The van der Waals surface area contributed by atoms with Crippen LogP contribution in [0.2, 0.25) is 5.02 Å². The SMILES string of the molecule is COC(=O)c1cc(S(=O)(=O)N2CCC[C@@H]2C(=O)Nc2c(Cl)cc(OC)cc2OC)cn1C. The molecule has 3 rings (SSSR count). The second kappa shape index (κ2) is 9.39. The molecule has 1 saturated heterocycles. The summed E-state index contributed by atoms with van der Waals surface area (Å²) >= 11 is 6.28. The van der Waals surface area contributed by atoms with Crippen molar-refractivity contribution in [3.05, 3.63) is 35.1 Å². The van der Waals surface area contributed by atoms with Crippen molar-refractivity contribution >= 4 is 39.2 Å². The molecular formula is C20H24ClN3O7S. The van der Waals surface area contributed by atoms with Gasteiger partial charge in [-0.25, -0.2) is 13.2 Å². The van der Waals surface area contributed by atoms with Crippen LogP contribution in [0.3, 0.4) is 0 Å². The van der Waals surface area contributed by atoms with Gasteiger partial charge in [0.25, 0.3) is 0 Å². The van der Waals surface area contributed by atoms with Crippen molar-refractivity contribution in [2.75, 3.05) is 33.2 Å². The molecule has 1 aromatic carbocycles. The van der Waals surface area contributed by atoms with Crippen LogP contribution in [-0.2, 0) is 26.6 Å². The molecule has 32 heavy (non-hydrogen) atoms. The first-order chi connectivity index (χ1) is 15.1. The molecular weight excluding hydrogens is 462 g/mol. The lowest BCUT2D eigenvalue weighted by molar-refractivity contribution is -0.119. The fourth-order valence-corrected chi connectivity index (χ4v) is 5.55. The van der Waals surface area contributed by atoms with E-state index < -0.39 is 27.9 Å². The van der Waals surface area contributed by atoms with Crippen LogP contribution in [-0.4, -0.2) is 63.1 Å². The summed E-state index contributed by atoms with van der Waals surface area (Å²) in [4.78, 5) is 24.8. The molecule has 1 amide bonds. The smallest absolute Gasteiger partial charge is 0.354 e. The largest absolute Gasteiger partial charge is 0.497 e. The lowest BCUT2D eigenvalue weighted by Crippen LogP contribution is -2.43. The summed E-state index contributed by atoms with van der Waals surface area (Å²) in [6.45, 7) is 0.163. The highest BCUT2D eigenvalue weighted by Gasteiger charge is 2.40. The van der Waals surface area contributed by atoms with Gasteiger partial charge in [0.15, 0.2) is 0 Å². The Bertz CT molecular complexity index is 1150. The number of carbonyl (C=O) groups is 2. The molecule has 1 atom stereocenters. The molecule has 2 heterocycles. The van der Waals surface area contributed by atoms with Gasteiger partial charge in [-0.1, -0.05) is 11.6 Å². The van der Waals surface area contributed by atoms with E-state index in [1.807, 2.05) is 0 Å². The van der Waals surface area contributed by atoms with Gasteiger partial charge in [0, 0.05) is 31.9 Å². The summed E-state index contributed by atoms with van der Waals surface area (Å²) in [5.74, 6) is -0.479. The number of rotatable bonds is 7. The van der Waals surface area contributed by atoms with E-state index in [0.717, 1.165) is 4.31 Å². The predicted molar refractivity (Wildman–Crippen MR) is 117 cm³/mol. The second-order valence-electron chi connectivity index (χ2n) is 7.11. The summed E-state index contributed by atoms with van der Waals surface area (Å²) < 4.78 is 44.1. The number of nitrogens with one attached hydrogen (secondary N) is 1. The second-order valence-corrected chi connectivity index (χ2v) is 9.41. The lowest BCUT2D eigenvalue weighted by atomic mass is 10.2. The number of halogens is 1. The number of amides is 1. The molecule has 1 N–H and O–H groups in total. The quantitative estimate of drug-likeness (QED) is 0.598. The molecule has 0 radical (unpaired) electrons. The van der Waals surface area contributed by atoms with Crippen LogP contribution in [0, 0.1) is 0 Å². The van der Waals surface area contributed by atoms with E-state index in [2.05, 4.69) is 10.1 Å². The van der Waals surface area contributed by atoms with Gasteiger partial charge in [-0.05, 0) is 18.9 Å². The lowest BCUT2D eigenvalue weighted by Gasteiger charge is -2.23. The van der Waals surface area contributed by atoms with Crippen LogP contribution in [0.15, 0.2) is 29.3 Å². The van der Waals surface area contributed by atoms with Crippen molar-refractivity contribution in [2.45, 2.75) is 23.8 Å². The zero-order valence-electron chi connectivity index (χ0n) is 18.0. The number of hydrogen-bond donors (Lipinski definition) is 1. The number of sulfonamides is 1. The van der Waals surface area contributed by atoms with E-state index in [1.165, 1.54) is 51.3 Å². The van der Waals surface area contributed by atoms with Crippen molar-refractivity contribution in [3.8, 4) is 11.5 Å². The Kier molecular flexibility index (Phi) is 7.01. The standard InChI is InChI=1S/C20H24ClN3O7S/c1-23-11-13(10-16(23)20(26)31-4)32(27,28)24-7-5-6-15(24)19(25)22-18-14(21)8-12(29-2)9-17(18)30-3/h8-11,15H,5-7H2,1-4H3,(H,22,25)/t15-/m1/s1. The van der Waals surface area contributed by atoms with Gasteiger partial charge in [0.2, 0.25) is 15.9 Å². The molecule has 0 saturated carbocycles. The maximum atomic E-state index is 13.3. The van der Waals surface area contributed by atoms with Gasteiger partial charge < -0.3 is 24.1 Å². The number of nitrogens with zero attached hydrogens (tertiary/aromatic N) is 2. The van der Waals surface area contributed by atoms with E-state index in [1.54, 1.807) is 6.07 Å². The van der Waals surface area contributed by atoms with Crippen LogP contribution in [0.4, 0.5) is 5.69 Å². The first-order valence-corrected chi connectivity index (χ1v) is 11.4. The number of anilines is 1. The van der Waals surface area contributed by atoms with Crippen molar-refractivity contribution in [1.29, 1.82) is 0 Å². The molecule has 1 aliphatic heterocycles. The highest BCUT2D eigenvalue weighted by atomic mass is 35.5. The fraction of sp³-hybridized carbons (Fsp3) is 0.400. The number of methoxy groups -OCH3 is 3. The van der Waals surface area contributed by atoms with Crippen molar-refractivity contribution in [2.24, 2.45) is 7.05 Å². The Morgan fingerprint density at radius 3 is 2.50 bits per heavy atom. The third-order valence-corrected chi connectivity index (χ3v) is 7.39. The molecule has 0 spiro atoms. The van der Waals surface area contributed by atoms with Gasteiger partial charge in [-0.3, -0.25) is 4.79 Å². The zero-order valence-corrected chi connectivity index (χ0v) is 19.6. The molecule has 10 nitrogen and oxygen atoms in total. The van der Waals surface area contributed by atoms with Crippen LogP contribution in [0.5, 0.6) is 11.5 Å². The number of benzene rings is 1. The minimum Gasteiger partial charge on any atom is -0.497 e. The van der Waals surface area contributed by atoms with Crippen molar-refractivity contribution in [3.63, 3.8) is 0 Å². The first kappa shape index (κ1) is 23.9. The molecule has 0 unspecified atom stereocenters. The third-order valence-electron chi connectivity index (χ3n) is 5.22. The molecule has 1 fully saturated rings. The normalized spacial score (nSPS) is 16.6. The van der Waals surface area contributed by atoms with E-state index >= 15 is 0 Å². The molecule has 2 aromatic rings. The Hall–Kier alpha value is -2.76. The summed E-state index contributed by atoms with van der Waals surface area (Å²) in [7, 11) is 1.59. The average Bonchev–Trinajstić information content (AvgIpc) is 3.42. The van der Waals surface area contributed by atoms with E-state index in [4.69, 9.17) is 21.1 Å². The highest BCUT2D eigenvalue weighted by Crippen LogP contribution is 2.37. The molecule has 1 aliphatic rings. The maximum absolute atomic E-state index is 13.3. The van der Waals surface area contributed by atoms with Crippen molar-refractivity contribution in [1.82, 2.24) is 8.87 Å². The Morgan fingerprint density at radius 1 is 1.16 bits per heavy atom. The highest BCUT2D eigenvalue weighted by molar-refractivity contribution is 7.89. The molecule has 0 aliphatic carbocycles. The minimum atomic E-state index is -4.05. The van der Waals surface area contributed by atoms with Gasteiger partial charge in [0.1, 0.15) is 33.8 Å². The van der Waals surface area contributed by atoms with Gasteiger partial charge in [-0.2, -0.15) is 4.31 Å². The van der Waals surface area contributed by atoms with Crippen LogP contribution >= 0.6 is 11.6 Å². The van der Waals surface area contributed by atoms with E-state index in [9.17, 15) is 18.0 Å². The topological polar surface area (TPSA) is 116 Å². The predicted octanol–water partition coefficient (Wildman–Crippen LogP) is 2.27. The Labute approximate surface area is 191 Å².